The number of halogens is 3. The van der Waals surface area contributed by atoms with Crippen LogP contribution in [0.2, 0.25) is 0 Å². The number of nitrogens with zero attached hydrogens (tertiary/aromatic N) is 4. The number of hydrogen-bond acceptors (Lipinski definition) is 6. The van der Waals surface area contributed by atoms with E-state index in [1.807, 2.05) is 7.05 Å². The number of likely N-dealkylation sites (N-methyl/N-ethyl adjacent to an activating group) is 1. The zero-order chi connectivity index (χ0) is 20.1. The molecule has 1 heterocycles. The monoisotopic (exact) mass is 391 g/mol. The minimum atomic E-state index is -4.49. The fourth-order valence-corrected chi connectivity index (χ4v) is 2.13. The number of anilines is 1. The van der Waals surface area contributed by atoms with Crippen molar-refractivity contribution in [1.82, 2.24) is 25.5 Å². The average molecular weight is 391 g/mol. The molecule has 0 aromatic carbocycles. The molecular weight excluding hydrogens is 363 g/mol. The van der Waals surface area contributed by atoms with Crippen LogP contribution in [-0.4, -0.2) is 81.4 Å². The largest absolute Gasteiger partial charge is 0.433 e. The number of rotatable bonds is 11. The number of aliphatic imine (C=N–C) groups is 1. The summed E-state index contributed by atoms with van der Waals surface area (Å²) in [5.41, 5.74) is -0.972. The SMILES string of the molecule is CN=C(NCCNc1nccc(C(F)(F)F)n1)NCCN(C)CCCOC. The Labute approximate surface area is 157 Å². The van der Waals surface area contributed by atoms with E-state index in [4.69, 9.17) is 4.74 Å². The molecule has 1 rings (SSSR count). The minimum Gasteiger partial charge on any atom is -0.385 e. The second-order valence-corrected chi connectivity index (χ2v) is 5.77. The van der Waals surface area contributed by atoms with Gasteiger partial charge in [0.05, 0.1) is 0 Å². The summed E-state index contributed by atoms with van der Waals surface area (Å²) in [7, 11) is 5.37. The van der Waals surface area contributed by atoms with Crippen molar-refractivity contribution in [2.24, 2.45) is 4.99 Å². The Kier molecular flexibility index (Phi) is 10.4. The first-order valence-electron chi connectivity index (χ1n) is 8.63. The number of methoxy groups -OCH3 is 1. The lowest BCUT2D eigenvalue weighted by Gasteiger charge is -2.18. The first-order chi connectivity index (χ1) is 12.9. The van der Waals surface area contributed by atoms with Gasteiger partial charge in [0, 0.05) is 59.7 Å². The van der Waals surface area contributed by atoms with Crippen LogP contribution < -0.4 is 16.0 Å². The predicted molar refractivity (Wildman–Crippen MR) is 98.9 cm³/mol. The van der Waals surface area contributed by atoms with Gasteiger partial charge in [-0.15, -0.1) is 0 Å². The van der Waals surface area contributed by atoms with Crippen molar-refractivity contribution >= 4 is 11.9 Å². The molecule has 3 N–H and O–H groups in total. The molecule has 0 aliphatic carbocycles. The Bertz CT molecular complexity index is 569. The van der Waals surface area contributed by atoms with Crippen molar-refractivity contribution in [3.8, 4) is 0 Å². The molecule has 0 amide bonds. The average Bonchev–Trinajstić information content (AvgIpc) is 2.63. The van der Waals surface area contributed by atoms with Crippen LogP contribution in [0, 0.1) is 0 Å². The molecule has 27 heavy (non-hydrogen) atoms. The first kappa shape index (κ1) is 22.9. The molecule has 0 saturated carbocycles. The van der Waals surface area contributed by atoms with Crippen LogP contribution in [0.25, 0.3) is 0 Å². The van der Waals surface area contributed by atoms with Crippen LogP contribution in [0.4, 0.5) is 19.1 Å². The second-order valence-electron chi connectivity index (χ2n) is 5.77. The lowest BCUT2D eigenvalue weighted by atomic mass is 10.4. The number of ether oxygens (including phenoxy) is 1. The second kappa shape index (κ2) is 12.3. The van der Waals surface area contributed by atoms with E-state index < -0.39 is 11.9 Å². The Morgan fingerprint density at radius 1 is 1.22 bits per heavy atom. The van der Waals surface area contributed by atoms with Gasteiger partial charge in [-0.05, 0) is 19.5 Å². The lowest BCUT2D eigenvalue weighted by Crippen LogP contribution is -2.42. The van der Waals surface area contributed by atoms with Crippen molar-refractivity contribution in [1.29, 1.82) is 0 Å². The molecule has 154 valence electrons. The van der Waals surface area contributed by atoms with E-state index >= 15 is 0 Å². The molecule has 0 aliphatic rings. The zero-order valence-corrected chi connectivity index (χ0v) is 15.9. The molecule has 0 saturated heterocycles. The summed E-state index contributed by atoms with van der Waals surface area (Å²) in [6, 6.07) is 0.835. The van der Waals surface area contributed by atoms with Crippen molar-refractivity contribution in [2.45, 2.75) is 12.6 Å². The first-order valence-corrected chi connectivity index (χ1v) is 8.63. The van der Waals surface area contributed by atoms with Gasteiger partial charge < -0.3 is 25.6 Å². The van der Waals surface area contributed by atoms with Crippen LogP contribution in [0.1, 0.15) is 12.1 Å². The predicted octanol–water partition coefficient (Wildman–Crippen LogP) is 1.04. The quantitative estimate of drug-likeness (QED) is 0.295. The van der Waals surface area contributed by atoms with Gasteiger partial charge in [-0.25, -0.2) is 9.97 Å². The molecule has 0 radical (unpaired) electrons. The van der Waals surface area contributed by atoms with Crippen molar-refractivity contribution in [3.63, 3.8) is 0 Å². The molecule has 0 unspecified atom stereocenters. The van der Waals surface area contributed by atoms with Gasteiger partial charge in [0.2, 0.25) is 5.95 Å². The van der Waals surface area contributed by atoms with E-state index in [1.165, 1.54) is 0 Å². The molecule has 0 fully saturated rings. The van der Waals surface area contributed by atoms with E-state index in [-0.39, 0.29) is 5.95 Å². The third-order valence-electron chi connectivity index (χ3n) is 3.54. The van der Waals surface area contributed by atoms with Crippen LogP contribution in [0.15, 0.2) is 17.3 Å². The van der Waals surface area contributed by atoms with Gasteiger partial charge >= 0.3 is 6.18 Å². The third-order valence-corrected chi connectivity index (χ3v) is 3.54. The maximum absolute atomic E-state index is 12.6. The van der Waals surface area contributed by atoms with Crippen LogP contribution in [0.5, 0.6) is 0 Å². The van der Waals surface area contributed by atoms with E-state index in [9.17, 15) is 13.2 Å². The van der Waals surface area contributed by atoms with Gasteiger partial charge in [0.1, 0.15) is 5.69 Å². The van der Waals surface area contributed by atoms with Gasteiger partial charge in [0.15, 0.2) is 5.96 Å². The van der Waals surface area contributed by atoms with Crippen molar-refractivity contribution < 1.29 is 17.9 Å². The Morgan fingerprint density at radius 2 is 1.96 bits per heavy atom. The van der Waals surface area contributed by atoms with Crippen molar-refractivity contribution in [3.05, 3.63) is 18.0 Å². The molecular formula is C16H28F3N7O. The Balaban J connectivity index is 2.24. The van der Waals surface area contributed by atoms with Gasteiger partial charge in [-0.1, -0.05) is 0 Å². The molecule has 11 heteroatoms. The highest BCUT2D eigenvalue weighted by Gasteiger charge is 2.32. The topological polar surface area (TPSA) is 86.7 Å². The molecule has 0 aliphatic heterocycles. The van der Waals surface area contributed by atoms with Crippen molar-refractivity contribution in [2.75, 3.05) is 65.9 Å². The smallest absolute Gasteiger partial charge is 0.385 e. The van der Waals surface area contributed by atoms with Gasteiger partial charge in [0.25, 0.3) is 0 Å². The number of aromatic nitrogens is 2. The molecule has 0 bridgehead atoms. The van der Waals surface area contributed by atoms with E-state index in [0.29, 0.717) is 25.6 Å². The van der Waals surface area contributed by atoms with Crippen LogP contribution in [-0.2, 0) is 10.9 Å². The summed E-state index contributed by atoms with van der Waals surface area (Å²) >= 11 is 0. The van der Waals surface area contributed by atoms with E-state index in [1.54, 1.807) is 14.2 Å². The maximum atomic E-state index is 12.6. The summed E-state index contributed by atoms with van der Waals surface area (Å²) in [5, 5.41) is 9.00. The van der Waals surface area contributed by atoms with Crippen LogP contribution in [0.3, 0.4) is 0 Å². The summed E-state index contributed by atoms with van der Waals surface area (Å²) in [5.74, 6) is 0.555. The summed E-state index contributed by atoms with van der Waals surface area (Å²) in [6.07, 6.45) is -2.43. The summed E-state index contributed by atoms with van der Waals surface area (Å²) < 4.78 is 42.8. The van der Waals surface area contributed by atoms with E-state index in [0.717, 1.165) is 38.4 Å². The Hall–Kier alpha value is -2.14. The Morgan fingerprint density at radius 3 is 2.63 bits per heavy atom. The highest BCUT2D eigenvalue weighted by Crippen LogP contribution is 2.27. The number of nitrogens with one attached hydrogen (secondary N) is 3. The minimum absolute atomic E-state index is 0.0627. The highest BCUT2D eigenvalue weighted by molar-refractivity contribution is 5.79. The fraction of sp³-hybridized carbons (Fsp3) is 0.688. The molecule has 0 atom stereocenters. The standard InChI is InChI=1S/C16H28F3N7O/c1-20-14(24-9-11-26(2)10-4-12-27-3)22-7-8-23-15-21-6-5-13(25-15)16(17,18)19/h5-6H,4,7-12H2,1-3H3,(H2,20,22,24)(H,21,23,25). The molecule has 1 aromatic rings. The van der Waals surface area contributed by atoms with Gasteiger partial charge in [-0.2, -0.15) is 13.2 Å². The normalized spacial score (nSPS) is 12.3. The molecule has 8 nitrogen and oxygen atoms in total. The number of hydrogen-bond donors (Lipinski definition) is 3. The summed E-state index contributed by atoms with van der Waals surface area (Å²) in [6.45, 7) is 4.04. The zero-order valence-electron chi connectivity index (χ0n) is 15.9. The number of guanidine groups is 1. The van der Waals surface area contributed by atoms with Gasteiger partial charge in [-0.3, -0.25) is 4.99 Å². The summed E-state index contributed by atoms with van der Waals surface area (Å²) in [4.78, 5) is 13.5. The third kappa shape index (κ3) is 9.94. The van der Waals surface area contributed by atoms with E-state index in [2.05, 4.69) is 35.8 Å². The number of alkyl halides is 3. The lowest BCUT2D eigenvalue weighted by molar-refractivity contribution is -0.141. The fourth-order valence-electron chi connectivity index (χ4n) is 2.13. The highest BCUT2D eigenvalue weighted by atomic mass is 19.4. The maximum Gasteiger partial charge on any atom is 0.433 e. The molecule has 1 aromatic heterocycles. The molecule has 0 spiro atoms. The van der Waals surface area contributed by atoms with Crippen LogP contribution >= 0.6 is 0 Å².